The molecule has 2 atom stereocenters. The number of hydrogen-bond acceptors (Lipinski definition) is 6. The predicted octanol–water partition coefficient (Wildman–Crippen LogP) is 4.32. The lowest BCUT2D eigenvalue weighted by molar-refractivity contribution is 0.201. The molecule has 3 heterocycles. The van der Waals surface area contributed by atoms with Crippen LogP contribution in [0.2, 0.25) is 0 Å². The van der Waals surface area contributed by atoms with Gasteiger partial charge in [-0.3, -0.25) is 0 Å². The topological polar surface area (TPSA) is 64.0 Å². The number of ether oxygens (including phenoxy) is 1. The van der Waals surface area contributed by atoms with Gasteiger partial charge in [0.1, 0.15) is 6.33 Å². The van der Waals surface area contributed by atoms with Gasteiger partial charge < -0.3 is 9.64 Å². The fraction of sp³-hybridized carbons (Fsp3) is 0.391. The summed E-state index contributed by atoms with van der Waals surface area (Å²) < 4.78 is 34.7. The summed E-state index contributed by atoms with van der Waals surface area (Å²) in [7, 11) is 0. The Hall–Kier alpha value is -3.16. The van der Waals surface area contributed by atoms with Crippen LogP contribution in [0, 0.1) is 23.5 Å². The average molecular weight is 425 g/mol. The number of aryl methyl sites for hydroxylation is 1. The van der Waals surface area contributed by atoms with Crippen LogP contribution in [-0.2, 0) is 6.42 Å². The molecule has 1 aliphatic rings. The van der Waals surface area contributed by atoms with E-state index < -0.39 is 11.6 Å². The number of halogens is 2. The molecule has 2 aromatic heterocycles. The van der Waals surface area contributed by atoms with Crippen molar-refractivity contribution in [1.29, 1.82) is 0 Å². The molecule has 1 fully saturated rings. The quantitative estimate of drug-likeness (QED) is 0.562. The zero-order valence-electron chi connectivity index (χ0n) is 17.6. The van der Waals surface area contributed by atoms with Crippen LogP contribution < -0.4 is 9.64 Å². The zero-order valence-corrected chi connectivity index (χ0v) is 17.6. The van der Waals surface area contributed by atoms with E-state index in [1.54, 1.807) is 0 Å². The molecular formula is C23H25F2N5O. The molecule has 3 aromatic rings. The van der Waals surface area contributed by atoms with Crippen molar-refractivity contribution in [3.63, 3.8) is 0 Å². The van der Waals surface area contributed by atoms with Gasteiger partial charge >= 0.3 is 0 Å². The molecular weight excluding hydrogens is 400 g/mol. The van der Waals surface area contributed by atoms with Gasteiger partial charge in [0, 0.05) is 43.4 Å². The third-order valence-corrected chi connectivity index (χ3v) is 5.79. The molecule has 6 nitrogen and oxygen atoms in total. The average Bonchev–Trinajstić information content (AvgIpc) is 3.29. The van der Waals surface area contributed by atoms with Gasteiger partial charge in [0.25, 0.3) is 0 Å². The SMILES string of the molecule is CCc1cnc(N2CC[C@@H]([C@@H](C)COc3c(F)cc(-c4cncnc4)cc3F)C2)nc1. The summed E-state index contributed by atoms with van der Waals surface area (Å²) in [4.78, 5) is 18.8. The maximum Gasteiger partial charge on any atom is 0.225 e. The second-order valence-electron chi connectivity index (χ2n) is 7.92. The number of hydrogen-bond donors (Lipinski definition) is 0. The lowest BCUT2D eigenvalue weighted by Gasteiger charge is -2.21. The molecule has 4 rings (SSSR count). The van der Waals surface area contributed by atoms with Crippen molar-refractivity contribution < 1.29 is 13.5 Å². The first-order valence-corrected chi connectivity index (χ1v) is 10.5. The minimum absolute atomic E-state index is 0.126. The van der Waals surface area contributed by atoms with E-state index in [-0.39, 0.29) is 18.3 Å². The molecule has 1 aromatic carbocycles. The monoisotopic (exact) mass is 425 g/mol. The molecule has 31 heavy (non-hydrogen) atoms. The third kappa shape index (κ3) is 4.78. The molecule has 0 spiro atoms. The van der Waals surface area contributed by atoms with Crippen molar-refractivity contribution in [3.05, 3.63) is 60.4 Å². The summed E-state index contributed by atoms with van der Waals surface area (Å²) in [5.74, 6) is -0.625. The number of benzene rings is 1. The lowest BCUT2D eigenvalue weighted by atomic mass is 9.94. The Morgan fingerprint density at radius 2 is 1.74 bits per heavy atom. The Bertz CT molecular complexity index is 993. The summed E-state index contributed by atoms with van der Waals surface area (Å²) >= 11 is 0. The summed E-state index contributed by atoms with van der Waals surface area (Å²) in [6.07, 6.45) is 9.97. The van der Waals surface area contributed by atoms with Gasteiger partial charge in [0.2, 0.25) is 5.95 Å². The van der Waals surface area contributed by atoms with Gasteiger partial charge in [-0.15, -0.1) is 0 Å². The highest BCUT2D eigenvalue weighted by atomic mass is 19.1. The summed E-state index contributed by atoms with van der Waals surface area (Å²) in [5.41, 5.74) is 2.02. The number of aromatic nitrogens is 4. The second kappa shape index (κ2) is 9.32. The van der Waals surface area contributed by atoms with Crippen LogP contribution >= 0.6 is 0 Å². The first kappa shape index (κ1) is 21.1. The fourth-order valence-corrected chi connectivity index (χ4v) is 3.79. The molecule has 162 valence electrons. The van der Waals surface area contributed by atoms with E-state index >= 15 is 0 Å². The number of anilines is 1. The largest absolute Gasteiger partial charge is 0.487 e. The molecule has 0 bridgehead atoms. The smallest absolute Gasteiger partial charge is 0.225 e. The predicted molar refractivity (Wildman–Crippen MR) is 114 cm³/mol. The van der Waals surface area contributed by atoms with Crippen LogP contribution in [0.15, 0.2) is 43.2 Å². The van der Waals surface area contributed by atoms with Crippen molar-refractivity contribution in [2.24, 2.45) is 11.8 Å². The van der Waals surface area contributed by atoms with E-state index in [1.807, 2.05) is 19.3 Å². The Labute approximate surface area is 180 Å². The molecule has 0 aliphatic carbocycles. The van der Waals surface area contributed by atoms with E-state index in [2.05, 4.69) is 31.8 Å². The standard InChI is InChI=1S/C23H25F2N5O/c1-3-16-8-28-23(29-9-16)30-5-4-17(12-30)15(2)13-31-22-20(24)6-18(7-21(22)25)19-10-26-14-27-11-19/h6-11,14-15,17H,3-5,12-13H2,1-2H3/t15-,17+/m0/s1. The van der Waals surface area contributed by atoms with E-state index in [9.17, 15) is 8.78 Å². The molecule has 0 radical (unpaired) electrons. The van der Waals surface area contributed by atoms with Crippen LogP contribution in [0.3, 0.4) is 0 Å². The Balaban J connectivity index is 1.37. The van der Waals surface area contributed by atoms with Crippen LogP contribution in [0.5, 0.6) is 5.75 Å². The van der Waals surface area contributed by atoms with Gasteiger partial charge in [-0.05, 0) is 47.9 Å². The van der Waals surface area contributed by atoms with Crippen molar-refractivity contribution in [3.8, 4) is 16.9 Å². The van der Waals surface area contributed by atoms with Crippen molar-refractivity contribution >= 4 is 5.95 Å². The van der Waals surface area contributed by atoms with E-state index in [4.69, 9.17) is 4.74 Å². The highest BCUT2D eigenvalue weighted by Gasteiger charge is 2.29. The molecule has 8 heteroatoms. The highest BCUT2D eigenvalue weighted by molar-refractivity contribution is 5.62. The van der Waals surface area contributed by atoms with E-state index in [0.717, 1.165) is 37.4 Å². The summed E-state index contributed by atoms with van der Waals surface area (Å²) in [5, 5.41) is 0. The maximum atomic E-state index is 14.5. The van der Waals surface area contributed by atoms with Crippen molar-refractivity contribution in [1.82, 2.24) is 19.9 Å². The van der Waals surface area contributed by atoms with Gasteiger partial charge in [-0.2, -0.15) is 0 Å². The third-order valence-electron chi connectivity index (χ3n) is 5.79. The molecule has 0 saturated carbocycles. The first-order valence-electron chi connectivity index (χ1n) is 10.5. The summed E-state index contributed by atoms with van der Waals surface area (Å²) in [6, 6.07) is 2.49. The van der Waals surface area contributed by atoms with E-state index in [1.165, 1.54) is 30.9 Å². The maximum absolute atomic E-state index is 14.5. The normalized spacial score (nSPS) is 17.0. The minimum atomic E-state index is -0.733. The molecule has 0 amide bonds. The van der Waals surface area contributed by atoms with Crippen molar-refractivity contribution in [2.45, 2.75) is 26.7 Å². The number of rotatable bonds is 7. The summed E-state index contributed by atoms with van der Waals surface area (Å²) in [6.45, 7) is 6.00. The first-order chi connectivity index (χ1) is 15.0. The second-order valence-corrected chi connectivity index (χ2v) is 7.92. The Morgan fingerprint density at radius 3 is 2.39 bits per heavy atom. The van der Waals surface area contributed by atoms with Gasteiger partial charge in [-0.1, -0.05) is 13.8 Å². The number of nitrogens with zero attached hydrogens (tertiary/aromatic N) is 5. The molecule has 0 N–H and O–H groups in total. The zero-order chi connectivity index (χ0) is 21.8. The minimum Gasteiger partial charge on any atom is -0.487 e. The van der Waals surface area contributed by atoms with Gasteiger partial charge in [0.15, 0.2) is 17.4 Å². The van der Waals surface area contributed by atoms with Gasteiger partial charge in [-0.25, -0.2) is 28.7 Å². The van der Waals surface area contributed by atoms with Crippen molar-refractivity contribution in [2.75, 3.05) is 24.6 Å². The fourth-order valence-electron chi connectivity index (χ4n) is 3.79. The van der Waals surface area contributed by atoms with Crippen LogP contribution in [0.4, 0.5) is 14.7 Å². The molecule has 1 aliphatic heterocycles. The molecule has 0 unspecified atom stereocenters. The van der Waals surface area contributed by atoms with E-state index in [0.29, 0.717) is 17.0 Å². The Kier molecular flexibility index (Phi) is 6.34. The highest BCUT2D eigenvalue weighted by Crippen LogP contribution is 2.31. The van der Waals surface area contributed by atoms with Crippen LogP contribution in [0.25, 0.3) is 11.1 Å². The lowest BCUT2D eigenvalue weighted by Crippen LogP contribution is -2.26. The van der Waals surface area contributed by atoms with Crippen LogP contribution in [-0.4, -0.2) is 39.6 Å². The Morgan fingerprint density at radius 1 is 1.06 bits per heavy atom. The molecule has 1 saturated heterocycles. The van der Waals surface area contributed by atoms with Gasteiger partial charge in [0.05, 0.1) is 6.61 Å². The van der Waals surface area contributed by atoms with Crippen LogP contribution in [0.1, 0.15) is 25.8 Å².